The van der Waals surface area contributed by atoms with Gasteiger partial charge in [0.2, 0.25) is 0 Å². The standard InChI is InChI=1S/C14H18ClNO2/c1-10-5-4-6-11(12(10)15)13(18)16-14(9-17)7-2-3-8-14/h4-6,17H,2-3,7-9H2,1H3,(H,16,18). The van der Waals surface area contributed by atoms with Gasteiger partial charge in [-0.1, -0.05) is 36.6 Å². The molecule has 0 spiro atoms. The number of rotatable bonds is 3. The van der Waals surface area contributed by atoms with Crippen LogP contribution in [-0.2, 0) is 0 Å². The van der Waals surface area contributed by atoms with Crippen LogP contribution < -0.4 is 5.32 Å². The Morgan fingerprint density at radius 2 is 2.11 bits per heavy atom. The van der Waals surface area contributed by atoms with Gasteiger partial charge < -0.3 is 10.4 Å². The van der Waals surface area contributed by atoms with Crippen molar-refractivity contribution in [1.29, 1.82) is 0 Å². The minimum absolute atomic E-state index is 0.0117. The summed E-state index contributed by atoms with van der Waals surface area (Å²) in [5, 5.41) is 12.9. The highest BCUT2D eigenvalue weighted by Gasteiger charge is 2.35. The molecule has 2 N–H and O–H groups in total. The molecule has 1 aliphatic rings. The molecular weight excluding hydrogens is 250 g/mol. The largest absolute Gasteiger partial charge is 0.394 e. The lowest BCUT2D eigenvalue weighted by molar-refractivity contribution is 0.0838. The third kappa shape index (κ3) is 2.52. The second-order valence-electron chi connectivity index (χ2n) is 5.04. The number of nitrogens with one attached hydrogen (secondary N) is 1. The van der Waals surface area contributed by atoms with Gasteiger partial charge in [-0.3, -0.25) is 4.79 Å². The fourth-order valence-corrected chi connectivity index (χ4v) is 2.72. The van der Waals surface area contributed by atoms with E-state index in [4.69, 9.17) is 11.6 Å². The maximum Gasteiger partial charge on any atom is 0.253 e. The summed E-state index contributed by atoms with van der Waals surface area (Å²) >= 11 is 6.14. The molecule has 0 unspecified atom stereocenters. The second-order valence-corrected chi connectivity index (χ2v) is 5.41. The van der Waals surface area contributed by atoms with Crippen LogP contribution in [0.5, 0.6) is 0 Å². The number of carbonyl (C=O) groups is 1. The van der Waals surface area contributed by atoms with Crippen molar-refractivity contribution in [2.45, 2.75) is 38.1 Å². The van der Waals surface area contributed by atoms with Gasteiger partial charge in [0, 0.05) is 0 Å². The number of hydrogen-bond acceptors (Lipinski definition) is 2. The first kappa shape index (κ1) is 13.4. The van der Waals surface area contributed by atoms with E-state index in [0.29, 0.717) is 10.6 Å². The van der Waals surface area contributed by atoms with Gasteiger partial charge in [0.05, 0.1) is 22.7 Å². The van der Waals surface area contributed by atoms with Crippen molar-refractivity contribution in [3.05, 3.63) is 34.3 Å². The molecule has 0 atom stereocenters. The minimum Gasteiger partial charge on any atom is -0.394 e. The fraction of sp³-hybridized carbons (Fsp3) is 0.500. The Morgan fingerprint density at radius 1 is 1.44 bits per heavy atom. The van der Waals surface area contributed by atoms with Crippen molar-refractivity contribution < 1.29 is 9.90 Å². The predicted molar refractivity (Wildman–Crippen MR) is 71.9 cm³/mol. The van der Waals surface area contributed by atoms with E-state index < -0.39 is 5.54 Å². The van der Waals surface area contributed by atoms with Crippen molar-refractivity contribution in [2.75, 3.05) is 6.61 Å². The zero-order valence-corrected chi connectivity index (χ0v) is 11.3. The molecule has 0 bridgehead atoms. The summed E-state index contributed by atoms with van der Waals surface area (Å²) in [6.07, 6.45) is 3.75. The summed E-state index contributed by atoms with van der Waals surface area (Å²) in [6, 6.07) is 5.40. The van der Waals surface area contributed by atoms with Gasteiger partial charge in [0.1, 0.15) is 0 Å². The molecule has 18 heavy (non-hydrogen) atoms. The molecule has 1 amide bonds. The summed E-state index contributed by atoms with van der Waals surface area (Å²) in [6.45, 7) is 1.86. The van der Waals surface area contributed by atoms with Gasteiger partial charge in [-0.25, -0.2) is 0 Å². The SMILES string of the molecule is Cc1cccc(C(=O)NC2(CO)CCCC2)c1Cl. The smallest absolute Gasteiger partial charge is 0.253 e. The number of carbonyl (C=O) groups excluding carboxylic acids is 1. The van der Waals surface area contributed by atoms with Gasteiger partial charge in [0.15, 0.2) is 0 Å². The monoisotopic (exact) mass is 267 g/mol. The Bertz CT molecular complexity index is 453. The van der Waals surface area contributed by atoms with Crippen LogP contribution in [0.4, 0.5) is 0 Å². The van der Waals surface area contributed by atoms with Gasteiger partial charge in [-0.05, 0) is 31.4 Å². The van der Waals surface area contributed by atoms with Crippen LogP contribution in [0.25, 0.3) is 0 Å². The number of amides is 1. The van der Waals surface area contributed by atoms with Crippen LogP contribution in [0.3, 0.4) is 0 Å². The quantitative estimate of drug-likeness (QED) is 0.885. The molecule has 1 aromatic carbocycles. The summed E-state index contributed by atoms with van der Waals surface area (Å²) in [4.78, 5) is 12.2. The normalized spacial score (nSPS) is 17.7. The molecule has 0 saturated heterocycles. The molecule has 3 nitrogen and oxygen atoms in total. The van der Waals surface area contributed by atoms with E-state index in [9.17, 15) is 9.90 Å². The number of halogens is 1. The summed E-state index contributed by atoms with van der Waals surface area (Å²) < 4.78 is 0. The number of hydrogen-bond donors (Lipinski definition) is 2. The lowest BCUT2D eigenvalue weighted by Gasteiger charge is -2.28. The van der Waals surface area contributed by atoms with E-state index in [2.05, 4.69) is 5.32 Å². The topological polar surface area (TPSA) is 49.3 Å². The first-order valence-electron chi connectivity index (χ1n) is 6.26. The summed E-state index contributed by atoms with van der Waals surface area (Å²) in [5.41, 5.74) is 0.912. The van der Waals surface area contributed by atoms with E-state index in [0.717, 1.165) is 31.2 Å². The van der Waals surface area contributed by atoms with Crippen LogP contribution in [0.2, 0.25) is 5.02 Å². The average molecular weight is 268 g/mol. The highest BCUT2D eigenvalue weighted by Crippen LogP contribution is 2.30. The Morgan fingerprint density at radius 3 is 2.72 bits per heavy atom. The average Bonchev–Trinajstić information content (AvgIpc) is 2.81. The number of benzene rings is 1. The van der Waals surface area contributed by atoms with Gasteiger partial charge in [-0.2, -0.15) is 0 Å². The maximum atomic E-state index is 12.2. The van der Waals surface area contributed by atoms with E-state index in [1.807, 2.05) is 19.1 Å². The highest BCUT2D eigenvalue weighted by atomic mass is 35.5. The molecular formula is C14H18ClNO2. The third-order valence-corrected chi connectivity index (χ3v) is 4.18. The molecule has 1 aromatic rings. The molecule has 4 heteroatoms. The van der Waals surface area contributed by atoms with Gasteiger partial charge in [-0.15, -0.1) is 0 Å². The molecule has 1 fully saturated rings. The third-order valence-electron chi connectivity index (χ3n) is 3.68. The zero-order valence-electron chi connectivity index (χ0n) is 10.5. The molecule has 0 aliphatic heterocycles. The predicted octanol–water partition coefficient (Wildman–Crippen LogP) is 2.68. The maximum absolute atomic E-state index is 12.2. The lowest BCUT2D eigenvalue weighted by Crippen LogP contribution is -2.49. The van der Waals surface area contributed by atoms with Gasteiger partial charge in [0.25, 0.3) is 5.91 Å². The number of aryl methyl sites for hydroxylation is 1. The first-order valence-corrected chi connectivity index (χ1v) is 6.64. The van der Waals surface area contributed by atoms with E-state index >= 15 is 0 Å². The molecule has 0 heterocycles. The van der Waals surface area contributed by atoms with E-state index in [1.165, 1.54) is 0 Å². The van der Waals surface area contributed by atoms with Crippen molar-refractivity contribution in [1.82, 2.24) is 5.32 Å². The van der Waals surface area contributed by atoms with Crippen LogP contribution >= 0.6 is 11.6 Å². The molecule has 1 aliphatic carbocycles. The van der Waals surface area contributed by atoms with Gasteiger partial charge >= 0.3 is 0 Å². The lowest BCUT2D eigenvalue weighted by atomic mass is 9.98. The summed E-state index contributed by atoms with van der Waals surface area (Å²) in [5.74, 6) is -0.195. The molecule has 98 valence electrons. The minimum atomic E-state index is -0.454. The number of aliphatic hydroxyl groups is 1. The Hall–Kier alpha value is -1.06. The molecule has 0 radical (unpaired) electrons. The van der Waals surface area contributed by atoms with Crippen molar-refractivity contribution in [2.24, 2.45) is 0 Å². The van der Waals surface area contributed by atoms with E-state index in [1.54, 1.807) is 6.07 Å². The van der Waals surface area contributed by atoms with Crippen molar-refractivity contribution >= 4 is 17.5 Å². The van der Waals surface area contributed by atoms with Crippen LogP contribution in [-0.4, -0.2) is 23.2 Å². The van der Waals surface area contributed by atoms with Crippen LogP contribution in [0.1, 0.15) is 41.6 Å². The van der Waals surface area contributed by atoms with Crippen molar-refractivity contribution in [3.63, 3.8) is 0 Å². The van der Waals surface area contributed by atoms with Crippen LogP contribution in [0.15, 0.2) is 18.2 Å². The molecule has 2 rings (SSSR count). The van der Waals surface area contributed by atoms with E-state index in [-0.39, 0.29) is 12.5 Å². The zero-order chi connectivity index (χ0) is 13.2. The van der Waals surface area contributed by atoms with Crippen LogP contribution in [0, 0.1) is 6.92 Å². The number of aliphatic hydroxyl groups excluding tert-OH is 1. The second kappa shape index (κ2) is 5.29. The molecule has 1 saturated carbocycles. The summed E-state index contributed by atoms with van der Waals surface area (Å²) in [7, 11) is 0. The Balaban J connectivity index is 2.19. The Labute approximate surface area is 112 Å². The first-order chi connectivity index (χ1) is 8.58. The Kier molecular flexibility index (Phi) is 3.93. The van der Waals surface area contributed by atoms with Crippen molar-refractivity contribution in [3.8, 4) is 0 Å². The molecule has 0 aromatic heterocycles. The highest BCUT2D eigenvalue weighted by molar-refractivity contribution is 6.34. The fourth-order valence-electron chi connectivity index (χ4n) is 2.51.